The van der Waals surface area contributed by atoms with Gasteiger partial charge in [0, 0.05) is 11.5 Å². The summed E-state index contributed by atoms with van der Waals surface area (Å²) in [4.78, 5) is 14.6. The summed E-state index contributed by atoms with van der Waals surface area (Å²) in [5.74, 6) is 0.473. The molecule has 0 spiro atoms. The summed E-state index contributed by atoms with van der Waals surface area (Å²) in [6, 6.07) is 15.2. The van der Waals surface area contributed by atoms with E-state index >= 15 is 0 Å². The van der Waals surface area contributed by atoms with E-state index in [2.05, 4.69) is 11.9 Å². The van der Waals surface area contributed by atoms with Crippen LogP contribution >= 0.6 is 0 Å². The van der Waals surface area contributed by atoms with Crippen molar-refractivity contribution in [1.29, 1.82) is 0 Å². The normalized spacial score (nSPS) is 10.8. The van der Waals surface area contributed by atoms with E-state index in [9.17, 15) is 9.90 Å². The molecule has 0 saturated carbocycles. The molecule has 0 bridgehead atoms. The van der Waals surface area contributed by atoms with Gasteiger partial charge in [0.05, 0.1) is 12.1 Å². The van der Waals surface area contributed by atoms with Crippen LogP contribution < -0.4 is 15.0 Å². The molecule has 5 heteroatoms. The number of unbranched alkanes of at least 4 members (excludes halogenated alkanes) is 1. The molecule has 0 unspecified atom stereocenters. The van der Waals surface area contributed by atoms with Gasteiger partial charge in [-0.15, -0.1) is 0 Å². The summed E-state index contributed by atoms with van der Waals surface area (Å²) in [6.45, 7) is 2.94. The predicted octanol–water partition coefficient (Wildman–Crippen LogP) is 3.99. The SMILES string of the molecule is CCCCOc1c(O)c(=O)[nH]c2cc(OCc3ccccc3)ccc12. The number of nitrogens with one attached hydrogen (secondary N) is 1. The van der Waals surface area contributed by atoms with Crippen LogP contribution in [0.2, 0.25) is 0 Å². The molecule has 25 heavy (non-hydrogen) atoms. The molecule has 0 aliphatic heterocycles. The first-order valence-electron chi connectivity index (χ1n) is 8.37. The zero-order chi connectivity index (χ0) is 17.6. The molecule has 0 aliphatic rings. The van der Waals surface area contributed by atoms with E-state index in [1.54, 1.807) is 18.2 Å². The molecule has 0 amide bonds. The number of H-pyrrole nitrogens is 1. The standard InChI is InChI=1S/C20H21NO4/c1-2-3-11-24-19-16-10-9-15(12-17(16)21-20(23)18(19)22)25-13-14-7-5-4-6-8-14/h4-10,12,22H,2-3,11,13H2,1H3,(H,21,23). The van der Waals surface area contributed by atoms with Gasteiger partial charge in [-0.25, -0.2) is 0 Å². The highest BCUT2D eigenvalue weighted by molar-refractivity contribution is 5.88. The Kier molecular flexibility index (Phi) is 5.23. The highest BCUT2D eigenvalue weighted by atomic mass is 16.5. The van der Waals surface area contributed by atoms with Crippen molar-refractivity contribution in [3.05, 3.63) is 64.4 Å². The van der Waals surface area contributed by atoms with E-state index in [0.29, 0.717) is 29.9 Å². The molecule has 3 aromatic rings. The van der Waals surface area contributed by atoms with Gasteiger partial charge in [0.15, 0.2) is 5.75 Å². The monoisotopic (exact) mass is 339 g/mol. The van der Waals surface area contributed by atoms with Gasteiger partial charge in [0.1, 0.15) is 12.4 Å². The maximum absolute atomic E-state index is 12.0. The molecule has 1 heterocycles. The van der Waals surface area contributed by atoms with Gasteiger partial charge in [-0.3, -0.25) is 4.79 Å². The van der Waals surface area contributed by atoms with Gasteiger partial charge in [-0.2, -0.15) is 0 Å². The Bertz CT molecular complexity index is 903. The van der Waals surface area contributed by atoms with Crippen molar-refractivity contribution in [3.8, 4) is 17.2 Å². The Labute approximate surface area is 145 Å². The third-order valence-electron chi connectivity index (χ3n) is 3.91. The lowest BCUT2D eigenvalue weighted by atomic mass is 10.2. The summed E-state index contributed by atoms with van der Waals surface area (Å²) in [7, 11) is 0. The Morgan fingerprint density at radius 3 is 2.64 bits per heavy atom. The third-order valence-corrected chi connectivity index (χ3v) is 3.91. The molecule has 0 aliphatic carbocycles. The fraction of sp³-hybridized carbons (Fsp3) is 0.250. The molecule has 5 nitrogen and oxygen atoms in total. The van der Waals surface area contributed by atoms with E-state index < -0.39 is 5.56 Å². The number of hydrogen-bond acceptors (Lipinski definition) is 4. The lowest BCUT2D eigenvalue weighted by molar-refractivity contribution is 0.294. The summed E-state index contributed by atoms with van der Waals surface area (Å²) in [5.41, 5.74) is 1.06. The highest BCUT2D eigenvalue weighted by Gasteiger charge is 2.13. The van der Waals surface area contributed by atoms with Crippen molar-refractivity contribution in [3.63, 3.8) is 0 Å². The van der Waals surface area contributed by atoms with Crippen LogP contribution in [0.4, 0.5) is 0 Å². The third kappa shape index (κ3) is 3.94. The molecule has 1 aromatic heterocycles. The van der Waals surface area contributed by atoms with Gasteiger partial charge in [-0.1, -0.05) is 43.7 Å². The summed E-state index contributed by atoms with van der Waals surface area (Å²) >= 11 is 0. The van der Waals surface area contributed by atoms with Crippen LogP contribution in [0.3, 0.4) is 0 Å². The number of ether oxygens (including phenoxy) is 2. The maximum atomic E-state index is 12.0. The molecule has 0 atom stereocenters. The Balaban J connectivity index is 1.87. The number of benzene rings is 2. The Hall–Kier alpha value is -2.95. The number of aromatic nitrogens is 1. The van der Waals surface area contributed by atoms with Crippen LogP contribution in [-0.2, 0) is 6.61 Å². The first kappa shape index (κ1) is 16.9. The van der Waals surface area contributed by atoms with Crippen molar-refractivity contribution in [2.45, 2.75) is 26.4 Å². The van der Waals surface area contributed by atoms with Gasteiger partial charge in [-0.05, 0) is 24.1 Å². The van der Waals surface area contributed by atoms with Crippen LogP contribution in [0, 0.1) is 0 Å². The van der Waals surface area contributed by atoms with E-state index in [4.69, 9.17) is 9.47 Å². The average molecular weight is 339 g/mol. The van der Waals surface area contributed by atoms with E-state index in [1.807, 2.05) is 30.3 Å². The zero-order valence-corrected chi connectivity index (χ0v) is 14.1. The minimum atomic E-state index is -0.570. The molecular formula is C20H21NO4. The molecule has 3 rings (SSSR count). The summed E-state index contributed by atoms with van der Waals surface area (Å²) < 4.78 is 11.4. The lowest BCUT2D eigenvalue weighted by Crippen LogP contribution is -2.09. The van der Waals surface area contributed by atoms with Gasteiger partial charge in [0.2, 0.25) is 5.75 Å². The fourth-order valence-corrected chi connectivity index (χ4v) is 2.53. The molecule has 130 valence electrons. The number of fused-ring (bicyclic) bond motifs is 1. The second kappa shape index (κ2) is 7.75. The van der Waals surface area contributed by atoms with Crippen LogP contribution in [0.1, 0.15) is 25.3 Å². The summed E-state index contributed by atoms with van der Waals surface area (Å²) in [5, 5.41) is 10.7. The zero-order valence-electron chi connectivity index (χ0n) is 14.1. The largest absolute Gasteiger partial charge is 0.500 e. The molecule has 2 N–H and O–H groups in total. The first-order chi connectivity index (χ1) is 12.2. The molecule has 2 aromatic carbocycles. The minimum Gasteiger partial charge on any atom is -0.500 e. The van der Waals surface area contributed by atoms with Crippen LogP contribution in [0.25, 0.3) is 10.9 Å². The first-order valence-corrected chi connectivity index (χ1v) is 8.37. The second-order valence-electron chi connectivity index (χ2n) is 5.82. The van der Waals surface area contributed by atoms with Crippen LogP contribution in [0.15, 0.2) is 53.3 Å². The minimum absolute atomic E-state index is 0.224. The lowest BCUT2D eigenvalue weighted by Gasteiger charge is -2.12. The van der Waals surface area contributed by atoms with Gasteiger partial charge < -0.3 is 19.6 Å². The van der Waals surface area contributed by atoms with E-state index in [-0.39, 0.29) is 11.5 Å². The highest BCUT2D eigenvalue weighted by Crippen LogP contribution is 2.32. The van der Waals surface area contributed by atoms with Crippen LogP contribution in [-0.4, -0.2) is 16.7 Å². The van der Waals surface area contributed by atoms with Crippen molar-refractivity contribution in [1.82, 2.24) is 4.98 Å². The fourth-order valence-electron chi connectivity index (χ4n) is 2.53. The van der Waals surface area contributed by atoms with E-state index in [0.717, 1.165) is 18.4 Å². The smallest absolute Gasteiger partial charge is 0.294 e. The molecule has 0 fully saturated rings. The molecule has 0 saturated heterocycles. The van der Waals surface area contributed by atoms with Crippen molar-refractivity contribution < 1.29 is 14.6 Å². The average Bonchev–Trinajstić information content (AvgIpc) is 2.64. The molecule has 0 radical (unpaired) electrons. The van der Waals surface area contributed by atoms with Crippen molar-refractivity contribution in [2.75, 3.05) is 6.61 Å². The van der Waals surface area contributed by atoms with Crippen LogP contribution in [0.5, 0.6) is 17.2 Å². The maximum Gasteiger partial charge on any atom is 0.294 e. The number of aromatic hydroxyl groups is 1. The number of hydrogen-bond donors (Lipinski definition) is 2. The topological polar surface area (TPSA) is 71.5 Å². The Morgan fingerprint density at radius 2 is 1.88 bits per heavy atom. The number of pyridine rings is 1. The van der Waals surface area contributed by atoms with Gasteiger partial charge >= 0.3 is 0 Å². The van der Waals surface area contributed by atoms with E-state index in [1.165, 1.54) is 0 Å². The Morgan fingerprint density at radius 1 is 1.08 bits per heavy atom. The summed E-state index contributed by atoms with van der Waals surface area (Å²) in [6.07, 6.45) is 1.82. The quantitative estimate of drug-likeness (QED) is 0.639. The number of aromatic amines is 1. The number of rotatable bonds is 7. The predicted molar refractivity (Wildman–Crippen MR) is 97.4 cm³/mol. The second-order valence-corrected chi connectivity index (χ2v) is 5.82. The van der Waals surface area contributed by atoms with Crippen molar-refractivity contribution in [2.24, 2.45) is 0 Å². The van der Waals surface area contributed by atoms with Crippen molar-refractivity contribution >= 4 is 10.9 Å². The van der Waals surface area contributed by atoms with Gasteiger partial charge in [0.25, 0.3) is 5.56 Å². The molecular weight excluding hydrogens is 318 g/mol.